The molecule has 0 aromatic rings. The summed E-state index contributed by atoms with van der Waals surface area (Å²) in [6.07, 6.45) is 8.84. The molecule has 4 aliphatic rings. The molecule has 3 fully saturated rings. The molecule has 7 heteroatoms. The number of nitrogens with zero attached hydrogens (tertiary/aromatic N) is 3. The number of allylic oxidation sites excluding steroid dienone is 2. The molecule has 2 bridgehead atoms. The number of amides is 2. The van der Waals surface area contributed by atoms with Gasteiger partial charge in [-0.3, -0.25) is 19.5 Å². The molecule has 6 unspecified atom stereocenters. The second-order valence-electron chi connectivity index (χ2n) is 10.4. The van der Waals surface area contributed by atoms with Crippen LogP contribution >= 0.6 is 0 Å². The third kappa shape index (κ3) is 5.03. The van der Waals surface area contributed by atoms with E-state index in [1.165, 1.54) is 24.4 Å². The van der Waals surface area contributed by atoms with Crippen molar-refractivity contribution in [1.82, 2.24) is 20.4 Å². The number of likely N-dealkylation sites (tertiary alicyclic amines) is 2. The molecular weight excluding hydrogens is 402 g/mol. The molecule has 2 aliphatic carbocycles. The third-order valence-corrected chi connectivity index (χ3v) is 7.63. The van der Waals surface area contributed by atoms with Gasteiger partial charge in [-0.25, -0.2) is 0 Å². The van der Waals surface area contributed by atoms with Gasteiger partial charge in [0, 0.05) is 39.3 Å². The van der Waals surface area contributed by atoms with Gasteiger partial charge in [-0.1, -0.05) is 26.0 Å². The average molecular weight is 444 g/mol. The number of aliphatic imine (C=N–C) groups is 1. The van der Waals surface area contributed by atoms with Crippen LogP contribution in [-0.4, -0.2) is 73.4 Å². The lowest BCUT2D eigenvalue weighted by molar-refractivity contribution is -0.140. The minimum absolute atomic E-state index is 0.0296. The van der Waals surface area contributed by atoms with Gasteiger partial charge in [0.25, 0.3) is 0 Å². The highest BCUT2D eigenvalue weighted by molar-refractivity contribution is 6.06. The Morgan fingerprint density at radius 1 is 0.969 bits per heavy atom. The number of hydrogen-bond acceptors (Lipinski definition) is 4. The summed E-state index contributed by atoms with van der Waals surface area (Å²) in [6.45, 7) is 12.9. The number of carbonyl (C=O) groups is 2. The van der Waals surface area contributed by atoms with Crippen LogP contribution in [-0.2, 0) is 9.59 Å². The minimum atomic E-state index is -0.106. The fraction of sp³-hybridized carbons (Fsp3) is 0.800. The zero-order valence-electron chi connectivity index (χ0n) is 20.1. The first kappa shape index (κ1) is 23.3. The van der Waals surface area contributed by atoms with Crippen LogP contribution in [0.3, 0.4) is 0 Å². The van der Waals surface area contributed by atoms with Gasteiger partial charge in [0.05, 0.1) is 11.8 Å². The van der Waals surface area contributed by atoms with Crippen LogP contribution in [0, 0.1) is 35.5 Å². The molecule has 2 N–H and O–H groups in total. The lowest BCUT2D eigenvalue weighted by Gasteiger charge is -2.34. The summed E-state index contributed by atoms with van der Waals surface area (Å²) in [5.74, 6) is 2.78. The van der Waals surface area contributed by atoms with Crippen LogP contribution in [0.4, 0.5) is 0 Å². The molecule has 4 rings (SSSR count). The topological polar surface area (TPSA) is 77.0 Å². The monoisotopic (exact) mass is 443 g/mol. The number of carbonyl (C=O) groups excluding carboxylic acids is 2. The number of rotatable bonds is 9. The predicted octanol–water partition coefficient (Wildman–Crippen LogP) is 2.11. The van der Waals surface area contributed by atoms with Crippen molar-refractivity contribution in [1.29, 1.82) is 0 Å². The molecule has 7 nitrogen and oxygen atoms in total. The smallest absolute Gasteiger partial charge is 0.233 e. The van der Waals surface area contributed by atoms with E-state index in [4.69, 9.17) is 4.99 Å². The van der Waals surface area contributed by atoms with E-state index in [1.54, 1.807) is 0 Å². The summed E-state index contributed by atoms with van der Waals surface area (Å²) >= 11 is 0. The van der Waals surface area contributed by atoms with Crippen molar-refractivity contribution in [3.8, 4) is 0 Å². The zero-order chi connectivity index (χ0) is 22.7. The highest BCUT2D eigenvalue weighted by Gasteiger charge is 2.58. The van der Waals surface area contributed by atoms with Crippen molar-refractivity contribution in [2.45, 2.75) is 46.5 Å². The van der Waals surface area contributed by atoms with Crippen LogP contribution in [0.2, 0.25) is 0 Å². The van der Waals surface area contributed by atoms with Crippen molar-refractivity contribution in [2.75, 3.05) is 45.8 Å². The largest absolute Gasteiger partial charge is 0.357 e. The Balaban J connectivity index is 1.17. The Bertz CT molecular complexity index is 711. The predicted molar refractivity (Wildman–Crippen MR) is 127 cm³/mol. The summed E-state index contributed by atoms with van der Waals surface area (Å²) in [5, 5.41) is 6.59. The molecule has 2 heterocycles. The maximum atomic E-state index is 12.8. The molecule has 2 amide bonds. The van der Waals surface area contributed by atoms with Gasteiger partial charge in [0.2, 0.25) is 11.8 Å². The van der Waals surface area contributed by atoms with E-state index >= 15 is 0 Å². The van der Waals surface area contributed by atoms with Gasteiger partial charge in [0.15, 0.2) is 5.96 Å². The molecular formula is C25H41N5O2. The van der Waals surface area contributed by atoms with E-state index in [9.17, 15) is 9.59 Å². The van der Waals surface area contributed by atoms with E-state index < -0.39 is 0 Å². The molecule has 0 aromatic heterocycles. The lowest BCUT2D eigenvalue weighted by atomic mass is 9.85. The van der Waals surface area contributed by atoms with Gasteiger partial charge in [-0.15, -0.1) is 0 Å². The third-order valence-electron chi connectivity index (χ3n) is 7.63. The molecule has 0 aromatic carbocycles. The number of imide groups is 1. The first-order valence-electron chi connectivity index (χ1n) is 12.8. The highest BCUT2D eigenvalue weighted by Crippen LogP contribution is 2.52. The summed E-state index contributed by atoms with van der Waals surface area (Å²) in [4.78, 5) is 34.4. The summed E-state index contributed by atoms with van der Waals surface area (Å²) in [6, 6.07) is 0. The van der Waals surface area contributed by atoms with Crippen molar-refractivity contribution in [3.05, 3.63) is 12.2 Å². The maximum Gasteiger partial charge on any atom is 0.233 e. The SMILES string of the molecule is CCNC(=NCCCCN1CC(C)CC(C)C1)NCCN1C(=O)C2C3C=CC(C3)C2C1=O. The molecule has 32 heavy (non-hydrogen) atoms. The Morgan fingerprint density at radius 2 is 1.62 bits per heavy atom. The normalized spacial score (nSPS) is 34.5. The Hall–Kier alpha value is -1.89. The standard InChI is InChI=1S/C25H41N5O2/c1-4-26-25(27-9-5-6-11-29-15-17(2)13-18(3)16-29)28-10-12-30-23(31)21-19-7-8-20(14-19)22(21)24(30)32/h7-8,17-22H,4-6,9-16H2,1-3H3,(H2,26,27,28). The van der Waals surface area contributed by atoms with Gasteiger partial charge in [0.1, 0.15) is 0 Å². The highest BCUT2D eigenvalue weighted by atomic mass is 16.2. The molecule has 0 spiro atoms. The molecule has 0 radical (unpaired) electrons. The number of unbranched alkanes of at least 4 members (excludes halogenated alkanes) is 1. The van der Waals surface area contributed by atoms with Gasteiger partial charge in [-0.2, -0.15) is 0 Å². The number of nitrogens with one attached hydrogen (secondary N) is 2. The number of hydrogen-bond donors (Lipinski definition) is 2. The lowest BCUT2D eigenvalue weighted by Crippen LogP contribution is -2.43. The second-order valence-corrected chi connectivity index (χ2v) is 10.4. The van der Waals surface area contributed by atoms with E-state index in [0.717, 1.165) is 56.7 Å². The summed E-state index contributed by atoms with van der Waals surface area (Å²) in [5.41, 5.74) is 0. The Morgan fingerprint density at radius 3 is 2.25 bits per heavy atom. The molecule has 2 aliphatic heterocycles. The number of piperidine rings is 1. The first-order valence-corrected chi connectivity index (χ1v) is 12.8. The number of guanidine groups is 1. The maximum absolute atomic E-state index is 12.8. The minimum Gasteiger partial charge on any atom is -0.357 e. The molecule has 6 atom stereocenters. The quantitative estimate of drug-likeness (QED) is 0.188. The van der Waals surface area contributed by atoms with E-state index in [2.05, 4.69) is 41.5 Å². The Kier molecular flexibility index (Phi) is 7.54. The van der Waals surface area contributed by atoms with Crippen LogP contribution < -0.4 is 10.6 Å². The van der Waals surface area contributed by atoms with Crippen LogP contribution in [0.15, 0.2) is 17.1 Å². The summed E-state index contributed by atoms with van der Waals surface area (Å²) < 4.78 is 0. The van der Waals surface area contributed by atoms with E-state index in [1.807, 2.05) is 6.92 Å². The van der Waals surface area contributed by atoms with Gasteiger partial charge < -0.3 is 15.5 Å². The Labute approximate surface area is 193 Å². The average Bonchev–Trinajstić information content (AvgIpc) is 3.42. The van der Waals surface area contributed by atoms with E-state index in [0.29, 0.717) is 13.1 Å². The molecule has 2 saturated heterocycles. The fourth-order valence-electron chi connectivity index (χ4n) is 6.43. The van der Waals surface area contributed by atoms with Crippen LogP contribution in [0.1, 0.15) is 46.5 Å². The van der Waals surface area contributed by atoms with Crippen LogP contribution in [0.25, 0.3) is 0 Å². The van der Waals surface area contributed by atoms with E-state index in [-0.39, 0.29) is 35.5 Å². The van der Waals surface area contributed by atoms with Crippen molar-refractivity contribution < 1.29 is 9.59 Å². The molecule has 178 valence electrons. The second kappa shape index (κ2) is 10.4. The first-order chi connectivity index (χ1) is 15.5. The van der Waals surface area contributed by atoms with Gasteiger partial charge >= 0.3 is 0 Å². The molecule has 1 saturated carbocycles. The summed E-state index contributed by atoms with van der Waals surface area (Å²) in [7, 11) is 0. The zero-order valence-corrected chi connectivity index (χ0v) is 20.1. The van der Waals surface area contributed by atoms with Crippen molar-refractivity contribution in [2.24, 2.45) is 40.5 Å². The van der Waals surface area contributed by atoms with Crippen LogP contribution in [0.5, 0.6) is 0 Å². The van der Waals surface area contributed by atoms with Gasteiger partial charge in [-0.05, 0) is 62.8 Å². The number of fused-ring (bicyclic) bond motifs is 5. The fourth-order valence-corrected chi connectivity index (χ4v) is 6.43. The van der Waals surface area contributed by atoms with Crippen molar-refractivity contribution in [3.63, 3.8) is 0 Å². The van der Waals surface area contributed by atoms with Crippen molar-refractivity contribution >= 4 is 17.8 Å².